The van der Waals surface area contributed by atoms with Crippen LogP contribution in [0.25, 0.3) is 0 Å². The third-order valence-corrected chi connectivity index (χ3v) is 0.402. The topological polar surface area (TPSA) is 29.5 Å². The van der Waals surface area contributed by atoms with Gasteiger partial charge < -0.3 is 9.84 Å². The van der Waals surface area contributed by atoms with Gasteiger partial charge in [-0.2, -0.15) is 0 Å². The number of ether oxygens (including phenoxy) is 1. The fraction of sp³-hybridized carbons (Fsp3) is 0.400. The summed E-state index contributed by atoms with van der Waals surface area (Å²) >= 11 is 0. The largest absolute Gasteiger partial charge is 0.394 e. The van der Waals surface area contributed by atoms with Crippen molar-refractivity contribution in [2.75, 3.05) is 13.2 Å². The van der Waals surface area contributed by atoms with E-state index in [9.17, 15) is 0 Å². The first-order valence-electron chi connectivity index (χ1n) is 2.08. The Hall–Kier alpha value is -0.340. The van der Waals surface area contributed by atoms with E-state index in [1.807, 2.05) is 0 Å². The van der Waals surface area contributed by atoms with Gasteiger partial charge in [-0.1, -0.05) is 6.08 Å². The molecule has 0 unspecified atom stereocenters. The van der Waals surface area contributed by atoms with Crippen molar-refractivity contribution in [2.24, 2.45) is 0 Å². The summed E-state index contributed by atoms with van der Waals surface area (Å²) in [4.78, 5) is 0. The van der Waals surface area contributed by atoms with E-state index in [1.54, 1.807) is 0 Å². The van der Waals surface area contributed by atoms with Crippen LogP contribution in [0, 0.1) is 6.61 Å². The third-order valence-electron chi connectivity index (χ3n) is 0.402. The van der Waals surface area contributed by atoms with Gasteiger partial charge in [0.15, 0.2) is 0 Å². The molecule has 0 aromatic rings. The summed E-state index contributed by atoms with van der Waals surface area (Å²) in [5.41, 5.74) is 0. The summed E-state index contributed by atoms with van der Waals surface area (Å²) < 4.78 is 4.64. The van der Waals surface area contributed by atoms with Gasteiger partial charge in [-0.05, 0) is 0 Å². The third kappa shape index (κ3) is 5.66. The summed E-state index contributed by atoms with van der Waals surface area (Å²) in [5, 5.41) is 8.11. The molecule has 1 radical (unpaired) electrons. The maximum atomic E-state index is 8.11. The fourth-order valence-corrected chi connectivity index (χ4v) is 0.189. The molecule has 0 spiro atoms. The molecule has 0 fully saturated rings. The first kappa shape index (κ1) is 6.66. The molecular weight excluding hydrogens is 92.1 g/mol. The maximum absolute atomic E-state index is 8.11. The number of aliphatic hydroxyl groups excluding tert-OH is 1. The zero-order valence-corrected chi connectivity index (χ0v) is 4.13. The standard InChI is InChI=1S/C5H9O2/c1-2-4-7-5-3-6/h2,4,6H,1,3,5H2. The van der Waals surface area contributed by atoms with Crippen molar-refractivity contribution in [3.05, 3.63) is 19.3 Å². The van der Waals surface area contributed by atoms with E-state index in [0.717, 1.165) is 0 Å². The predicted octanol–water partition coefficient (Wildman–Crippen LogP) is 0.343. The van der Waals surface area contributed by atoms with Crippen molar-refractivity contribution in [3.8, 4) is 0 Å². The molecule has 0 aliphatic heterocycles. The Balaban J connectivity index is 2.56. The van der Waals surface area contributed by atoms with Gasteiger partial charge in [-0.3, -0.25) is 0 Å². The van der Waals surface area contributed by atoms with E-state index in [-0.39, 0.29) is 6.61 Å². The van der Waals surface area contributed by atoms with Crippen LogP contribution in [0.2, 0.25) is 0 Å². The highest BCUT2D eigenvalue weighted by molar-refractivity contribution is 4.76. The molecule has 0 aromatic heterocycles. The van der Waals surface area contributed by atoms with Crippen LogP contribution in [0.3, 0.4) is 0 Å². The number of hydrogen-bond acceptors (Lipinski definition) is 2. The number of rotatable bonds is 4. The smallest absolute Gasteiger partial charge is 0.105 e. The molecule has 0 atom stereocenters. The van der Waals surface area contributed by atoms with Crippen LogP contribution in [0.5, 0.6) is 0 Å². The molecule has 0 bridgehead atoms. The highest BCUT2D eigenvalue weighted by atomic mass is 16.5. The summed E-state index contributed by atoms with van der Waals surface area (Å²) in [6.07, 6.45) is 1.52. The van der Waals surface area contributed by atoms with Gasteiger partial charge in [0, 0.05) is 0 Å². The van der Waals surface area contributed by atoms with Crippen molar-refractivity contribution in [3.63, 3.8) is 0 Å². The van der Waals surface area contributed by atoms with Crippen LogP contribution < -0.4 is 0 Å². The van der Waals surface area contributed by atoms with Gasteiger partial charge in [0.1, 0.15) is 6.61 Å². The Morgan fingerprint density at radius 3 is 2.86 bits per heavy atom. The van der Waals surface area contributed by atoms with Crippen molar-refractivity contribution in [1.82, 2.24) is 0 Å². The Bertz CT molecular complexity index is 43.3. The fourth-order valence-electron chi connectivity index (χ4n) is 0.189. The first-order valence-corrected chi connectivity index (χ1v) is 2.08. The second kappa shape index (κ2) is 5.66. The quantitative estimate of drug-likeness (QED) is 0.517. The lowest BCUT2D eigenvalue weighted by Crippen LogP contribution is -1.93. The zero-order valence-electron chi connectivity index (χ0n) is 4.13. The summed E-state index contributed by atoms with van der Waals surface area (Å²) in [5.74, 6) is 0. The van der Waals surface area contributed by atoms with Crippen molar-refractivity contribution in [2.45, 2.75) is 0 Å². The molecule has 0 aliphatic carbocycles. The summed E-state index contributed by atoms with van der Waals surface area (Å²) in [6, 6.07) is 0. The van der Waals surface area contributed by atoms with Gasteiger partial charge in [0.25, 0.3) is 0 Å². The molecule has 7 heavy (non-hydrogen) atoms. The molecular formula is C5H9O2. The number of aliphatic hydroxyl groups is 1. The lowest BCUT2D eigenvalue weighted by Gasteiger charge is -1.91. The van der Waals surface area contributed by atoms with E-state index >= 15 is 0 Å². The van der Waals surface area contributed by atoms with Crippen LogP contribution in [0.4, 0.5) is 0 Å². The second-order valence-corrected chi connectivity index (χ2v) is 0.966. The van der Waals surface area contributed by atoms with Gasteiger partial charge in [0.2, 0.25) is 0 Å². The van der Waals surface area contributed by atoms with Crippen LogP contribution in [0.1, 0.15) is 0 Å². The second-order valence-electron chi connectivity index (χ2n) is 0.966. The van der Waals surface area contributed by atoms with Gasteiger partial charge >= 0.3 is 0 Å². The predicted molar refractivity (Wildman–Crippen MR) is 27.5 cm³/mol. The zero-order chi connectivity index (χ0) is 5.54. The highest BCUT2D eigenvalue weighted by Crippen LogP contribution is 1.78. The Morgan fingerprint density at radius 2 is 2.43 bits per heavy atom. The van der Waals surface area contributed by atoms with Crippen LogP contribution in [0.15, 0.2) is 12.7 Å². The molecule has 2 heteroatoms. The van der Waals surface area contributed by atoms with Crippen molar-refractivity contribution in [1.29, 1.82) is 0 Å². The van der Waals surface area contributed by atoms with Crippen LogP contribution in [-0.2, 0) is 4.74 Å². The molecule has 0 amide bonds. The van der Waals surface area contributed by atoms with Gasteiger partial charge in [0.05, 0.1) is 13.2 Å². The lowest BCUT2D eigenvalue weighted by molar-refractivity contribution is 0.146. The van der Waals surface area contributed by atoms with E-state index in [1.165, 1.54) is 12.7 Å². The maximum Gasteiger partial charge on any atom is 0.105 e. The normalized spacial score (nSPS) is 8.71. The van der Waals surface area contributed by atoms with Gasteiger partial charge in [-0.25, -0.2) is 0 Å². The molecule has 2 nitrogen and oxygen atoms in total. The molecule has 0 heterocycles. The van der Waals surface area contributed by atoms with E-state index in [4.69, 9.17) is 5.11 Å². The molecule has 0 aromatic carbocycles. The van der Waals surface area contributed by atoms with E-state index in [2.05, 4.69) is 11.3 Å². The molecule has 41 valence electrons. The summed E-state index contributed by atoms with van der Waals surface area (Å²) in [6.45, 7) is 5.22. The first-order chi connectivity index (χ1) is 3.41. The minimum absolute atomic E-state index is 0.0599. The molecule has 1 N–H and O–H groups in total. The molecule has 0 saturated heterocycles. The van der Waals surface area contributed by atoms with Crippen LogP contribution >= 0.6 is 0 Å². The van der Waals surface area contributed by atoms with E-state index < -0.39 is 0 Å². The van der Waals surface area contributed by atoms with Crippen molar-refractivity contribution < 1.29 is 9.84 Å². The minimum atomic E-state index is 0.0599. The Labute approximate surface area is 43.4 Å². The van der Waals surface area contributed by atoms with E-state index in [0.29, 0.717) is 6.61 Å². The average Bonchev–Trinajstić information content (AvgIpc) is 1.69. The molecule has 0 saturated carbocycles. The minimum Gasteiger partial charge on any atom is -0.394 e. The van der Waals surface area contributed by atoms with Crippen molar-refractivity contribution >= 4 is 0 Å². The van der Waals surface area contributed by atoms with Crippen LogP contribution in [-0.4, -0.2) is 18.3 Å². The van der Waals surface area contributed by atoms with Gasteiger partial charge in [-0.15, -0.1) is 6.58 Å². The molecule has 0 aliphatic rings. The lowest BCUT2D eigenvalue weighted by atomic mass is 10.7. The average molecular weight is 101 g/mol. The molecule has 0 rings (SSSR count). The highest BCUT2D eigenvalue weighted by Gasteiger charge is 1.76. The Morgan fingerprint density at radius 1 is 1.71 bits per heavy atom. The number of hydrogen-bond donors (Lipinski definition) is 1. The summed E-state index contributed by atoms with van der Waals surface area (Å²) in [7, 11) is 0. The SMILES string of the molecule is C=C[CH]OCCO. The monoisotopic (exact) mass is 101 g/mol. The Kier molecular flexibility index (Phi) is 5.39.